The van der Waals surface area contributed by atoms with Crippen LogP contribution in [0.1, 0.15) is 27.2 Å². The van der Waals surface area contributed by atoms with Crippen LogP contribution in [-0.4, -0.2) is 24.2 Å². The second-order valence-electron chi connectivity index (χ2n) is 4.12. The Morgan fingerprint density at radius 1 is 1.41 bits per heavy atom. The largest absolute Gasteiger partial charge is 0.392 e. The molecule has 17 heavy (non-hydrogen) atoms. The van der Waals surface area contributed by atoms with Gasteiger partial charge >= 0.3 is 0 Å². The van der Waals surface area contributed by atoms with Crippen LogP contribution in [0.2, 0.25) is 0 Å². The summed E-state index contributed by atoms with van der Waals surface area (Å²) >= 11 is 0. The van der Waals surface area contributed by atoms with Crippen LogP contribution in [0.25, 0.3) is 0 Å². The van der Waals surface area contributed by atoms with Crippen molar-refractivity contribution in [2.24, 2.45) is 11.8 Å². The van der Waals surface area contributed by atoms with E-state index >= 15 is 0 Å². The monoisotopic (exact) mass is 241 g/mol. The van der Waals surface area contributed by atoms with E-state index in [9.17, 15) is 9.90 Å². The minimum absolute atomic E-state index is 0.0223. The molecule has 0 radical (unpaired) electrons. The second kappa shape index (κ2) is 8.96. The smallest absolute Gasteiger partial charge is 0.248 e. The number of allylic oxidation sites excluding steroid dienone is 4. The predicted molar refractivity (Wildman–Crippen MR) is 68.1 cm³/mol. The van der Waals surface area contributed by atoms with Gasteiger partial charge in [-0.25, -0.2) is 5.48 Å². The Labute approximate surface area is 103 Å². The van der Waals surface area contributed by atoms with Crippen LogP contribution in [0.5, 0.6) is 0 Å². The van der Waals surface area contributed by atoms with Gasteiger partial charge in [0.1, 0.15) is 0 Å². The Bertz CT molecular complexity index is 274. The van der Waals surface area contributed by atoms with Gasteiger partial charge in [0.05, 0.1) is 19.1 Å². The molecule has 0 saturated heterocycles. The van der Waals surface area contributed by atoms with Gasteiger partial charge in [-0.15, -0.1) is 0 Å². The SMILES string of the molecule is C/C=C/C=C/C[C@@H](C)[C@H](O)[C@@H](C)C(=O)NOC. The number of carbonyl (C=O) groups excluding carboxylic acids is 1. The lowest BCUT2D eigenvalue weighted by atomic mass is 9.90. The van der Waals surface area contributed by atoms with Gasteiger partial charge in [0.2, 0.25) is 5.91 Å². The van der Waals surface area contributed by atoms with Crippen LogP contribution in [0.4, 0.5) is 0 Å². The molecule has 0 rings (SSSR count). The second-order valence-corrected chi connectivity index (χ2v) is 4.12. The third-order valence-corrected chi connectivity index (χ3v) is 2.66. The average Bonchev–Trinajstić information content (AvgIpc) is 2.32. The van der Waals surface area contributed by atoms with Crippen molar-refractivity contribution in [3.63, 3.8) is 0 Å². The normalized spacial score (nSPS) is 17.2. The molecule has 0 fully saturated rings. The molecule has 0 spiro atoms. The van der Waals surface area contributed by atoms with Crippen molar-refractivity contribution >= 4 is 5.91 Å². The minimum atomic E-state index is -0.680. The maximum Gasteiger partial charge on any atom is 0.248 e. The zero-order valence-electron chi connectivity index (χ0n) is 11.0. The zero-order valence-corrected chi connectivity index (χ0v) is 11.0. The van der Waals surface area contributed by atoms with Crippen molar-refractivity contribution in [2.75, 3.05) is 7.11 Å². The maximum absolute atomic E-state index is 11.4. The van der Waals surface area contributed by atoms with Gasteiger partial charge < -0.3 is 5.11 Å². The van der Waals surface area contributed by atoms with Crippen LogP contribution >= 0.6 is 0 Å². The Morgan fingerprint density at radius 3 is 2.59 bits per heavy atom. The van der Waals surface area contributed by atoms with E-state index in [1.165, 1.54) is 7.11 Å². The summed E-state index contributed by atoms with van der Waals surface area (Å²) in [4.78, 5) is 16.0. The highest BCUT2D eigenvalue weighted by Crippen LogP contribution is 2.17. The molecule has 0 unspecified atom stereocenters. The van der Waals surface area contributed by atoms with Crippen molar-refractivity contribution in [2.45, 2.75) is 33.3 Å². The number of hydroxylamine groups is 1. The molecule has 0 aliphatic rings. The minimum Gasteiger partial charge on any atom is -0.392 e. The lowest BCUT2D eigenvalue weighted by molar-refractivity contribution is -0.139. The number of hydrogen-bond donors (Lipinski definition) is 2. The van der Waals surface area contributed by atoms with Crippen molar-refractivity contribution in [3.8, 4) is 0 Å². The Balaban J connectivity index is 4.19. The third-order valence-electron chi connectivity index (χ3n) is 2.66. The van der Waals surface area contributed by atoms with Crippen LogP contribution in [-0.2, 0) is 9.63 Å². The lowest BCUT2D eigenvalue weighted by Crippen LogP contribution is -2.38. The third kappa shape index (κ3) is 6.24. The summed E-state index contributed by atoms with van der Waals surface area (Å²) < 4.78 is 0. The van der Waals surface area contributed by atoms with Crippen molar-refractivity contribution < 1.29 is 14.7 Å². The Kier molecular flexibility index (Phi) is 8.36. The number of carbonyl (C=O) groups is 1. The van der Waals surface area contributed by atoms with Crippen molar-refractivity contribution in [3.05, 3.63) is 24.3 Å². The molecule has 2 N–H and O–H groups in total. The topological polar surface area (TPSA) is 58.6 Å². The first kappa shape index (κ1) is 15.9. The van der Waals surface area contributed by atoms with Crippen LogP contribution < -0.4 is 5.48 Å². The highest BCUT2D eigenvalue weighted by atomic mass is 16.6. The summed E-state index contributed by atoms with van der Waals surface area (Å²) in [6.45, 7) is 5.55. The molecule has 0 aromatic heterocycles. The summed E-state index contributed by atoms with van der Waals surface area (Å²) in [6.07, 6.45) is 7.83. The fourth-order valence-corrected chi connectivity index (χ4v) is 1.46. The number of amides is 1. The number of aliphatic hydroxyl groups excluding tert-OH is 1. The summed E-state index contributed by atoms with van der Waals surface area (Å²) in [5.41, 5.74) is 2.23. The van der Waals surface area contributed by atoms with E-state index in [1.807, 2.05) is 38.2 Å². The first-order valence-corrected chi connectivity index (χ1v) is 5.83. The molecule has 4 nitrogen and oxygen atoms in total. The Hall–Kier alpha value is -1.13. The molecule has 0 aromatic carbocycles. The molecule has 0 heterocycles. The molecule has 0 saturated carbocycles. The summed E-state index contributed by atoms with van der Waals surface area (Å²) in [5, 5.41) is 9.97. The summed E-state index contributed by atoms with van der Waals surface area (Å²) in [5.74, 6) is -0.765. The van der Waals surface area contributed by atoms with Crippen molar-refractivity contribution in [1.82, 2.24) is 5.48 Å². The number of rotatable bonds is 7. The summed E-state index contributed by atoms with van der Waals surface area (Å²) in [6, 6.07) is 0. The molecule has 0 aromatic rings. The van der Waals surface area contributed by atoms with E-state index in [0.29, 0.717) is 0 Å². The first-order chi connectivity index (χ1) is 8.04. The van der Waals surface area contributed by atoms with Gasteiger partial charge in [-0.3, -0.25) is 9.63 Å². The quantitative estimate of drug-likeness (QED) is 0.528. The molecular formula is C13H23NO3. The van der Waals surface area contributed by atoms with Crippen molar-refractivity contribution in [1.29, 1.82) is 0 Å². The molecule has 0 aliphatic heterocycles. The first-order valence-electron chi connectivity index (χ1n) is 5.83. The highest BCUT2D eigenvalue weighted by molar-refractivity contribution is 5.77. The summed E-state index contributed by atoms with van der Waals surface area (Å²) in [7, 11) is 1.38. The molecule has 98 valence electrons. The van der Waals surface area contributed by atoms with Gasteiger partial charge in [-0.1, -0.05) is 38.2 Å². The maximum atomic E-state index is 11.4. The van der Waals surface area contributed by atoms with Gasteiger partial charge in [0, 0.05) is 0 Å². The van der Waals surface area contributed by atoms with E-state index in [4.69, 9.17) is 0 Å². The number of hydrogen-bond acceptors (Lipinski definition) is 3. The molecule has 0 bridgehead atoms. The van der Waals surface area contributed by atoms with E-state index in [-0.39, 0.29) is 11.8 Å². The number of nitrogens with one attached hydrogen (secondary N) is 1. The zero-order chi connectivity index (χ0) is 13.3. The molecular weight excluding hydrogens is 218 g/mol. The fraction of sp³-hybridized carbons (Fsp3) is 0.615. The van der Waals surface area contributed by atoms with E-state index in [2.05, 4.69) is 10.3 Å². The van der Waals surface area contributed by atoms with E-state index < -0.39 is 12.0 Å². The van der Waals surface area contributed by atoms with Gasteiger partial charge in [0.15, 0.2) is 0 Å². The van der Waals surface area contributed by atoms with E-state index in [1.54, 1.807) is 6.92 Å². The van der Waals surface area contributed by atoms with Gasteiger partial charge in [-0.05, 0) is 19.3 Å². The van der Waals surface area contributed by atoms with Crippen LogP contribution in [0.15, 0.2) is 24.3 Å². The molecule has 3 atom stereocenters. The predicted octanol–water partition coefficient (Wildman–Crippen LogP) is 1.82. The molecule has 1 amide bonds. The van der Waals surface area contributed by atoms with E-state index in [0.717, 1.165) is 6.42 Å². The lowest BCUT2D eigenvalue weighted by Gasteiger charge is -2.22. The molecule has 4 heteroatoms. The van der Waals surface area contributed by atoms with Gasteiger partial charge in [-0.2, -0.15) is 0 Å². The highest BCUT2D eigenvalue weighted by Gasteiger charge is 2.26. The van der Waals surface area contributed by atoms with Crippen LogP contribution in [0.3, 0.4) is 0 Å². The average molecular weight is 241 g/mol. The fourth-order valence-electron chi connectivity index (χ4n) is 1.46. The Morgan fingerprint density at radius 2 is 2.06 bits per heavy atom. The van der Waals surface area contributed by atoms with Crippen LogP contribution in [0, 0.1) is 11.8 Å². The van der Waals surface area contributed by atoms with Gasteiger partial charge in [0.25, 0.3) is 0 Å². The standard InChI is InChI=1S/C13H23NO3/c1-5-6-7-8-9-10(2)12(15)11(3)13(16)14-17-4/h5-8,10-12,15H,9H2,1-4H3,(H,14,16)/b6-5+,8-7+/t10-,11-,12+/m1/s1. The number of aliphatic hydroxyl groups is 1. The molecule has 0 aliphatic carbocycles.